The third-order valence-electron chi connectivity index (χ3n) is 8.95. The van der Waals surface area contributed by atoms with Crippen molar-refractivity contribution in [3.05, 3.63) is 60.2 Å². The van der Waals surface area contributed by atoms with Crippen molar-refractivity contribution in [3.8, 4) is 0 Å². The van der Waals surface area contributed by atoms with E-state index in [-0.39, 0.29) is 37.4 Å². The lowest BCUT2D eigenvalue weighted by atomic mass is 9.77. The van der Waals surface area contributed by atoms with Crippen molar-refractivity contribution in [1.29, 1.82) is 0 Å². The van der Waals surface area contributed by atoms with Crippen LogP contribution in [0.25, 0.3) is 0 Å². The van der Waals surface area contributed by atoms with E-state index >= 15 is 0 Å². The highest BCUT2D eigenvalue weighted by atomic mass is 16.5. The minimum Gasteiger partial charge on any atom is -0.463 e. The number of fused-ring (bicyclic) bond motifs is 2. The number of hydrogen-bond donors (Lipinski definition) is 2. The van der Waals surface area contributed by atoms with Gasteiger partial charge in [-0.2, -0.15) is 0 Å². The van der Waals surface area contributed by atoms with Crippen molar-refractivity contribution < 1.29 is 33.8 Å². The number of nitrogens with one attached hydrogen (secondary N) is 1. The maximum absolute atomic E-state index is 14.4. The highest BCUT2D eigenvalue weighted by Gasteiger charge is 2.72. The molecule has 5 rings (SSSR count). The molecule has 42 heavy (non-hydrogen) atoms. The minimum atomic E-state index is -1.39. The monoisotopic (exact) mass is 579 g/mol. The van der Waals surface area contributed by atoms with E-state index in [1.165, 1.54) is 4.90 Å². The third-order valence-corrected chi connectivity index (χ3v) is 8.95. The summed E-state index contributed by atoms with van der Waals surface area (Å²) in [5, 5.41) is 13.3. The minimum absolute atomic E-state index is 0.0533. The Labute approximate surface area is 246 Å². The Hall–Kier alpha value is -3.50. The number of unbranched alkanes of at least 4 members (excludes halogenated alkanes) is 1. The van der Waals surface area contributed by atoms with Crippen molar-refractivity contribution in [2.45, 2.75) is 75.8 Å². The molecular formula is C32H41N3O7. The Morgan fingerprint density at radius 3 is 2.60 bits per heavy atom. The molecule has 0 saturated carbocycles. The van der Waals surface area contributed by atoms with E-state index in [2.05, 4.69) is 12.2 Å². The SMILES string of the molecule is CCCCN1CC=C[C@]23O[C@@H]4/C=C\CCC(=O)OC[C@@H](c5ccccc5)NC(=O)[C@@H]4[C@H]2C(=O)N([C@@H](CC)CO)[C@@H]3C1=O. The summed E-state index contributed by atoms with van der Waals surface area (Å²) in [5.41, 5.74) is -0.625. The molecule has 2 N–H and O–H groups in total. The summed E-state index contributed by atoms with van der Waals surface area (Å²) in [5.74, 6) is -3.33. The summed E-state index contributed by atoms with van der Waals surface area (Å²) in [7, 11) is 0. The molecule has 10 nitrogen and oxygen atoms in total. The Morgan fingerprint density at radius 2 is 1.88 bits per heavy atom. The van der Waals surface area contributed by atoms with Gasteiger partial charge in [-0.25, -0.2) is 0 Å². The normalized spacial score (nSPS) is 33.0. The zero-order valence-electron chi connectivity index (χ0n) is 24.3. The average molecular weight is 580 g/mol. The summed E-state index contributed by atoms with van der Waals surface area (Å²) >= 11 is 0. The molecule has 4 aliphatic heterocycles. The van der Waals surface area contributed by atoms with E-state index in [1.54, 1.807) is 17.1 Å². The van der Waals surface area contributed by atoms with Crippen LogP contribution in [0.5, 0.6) is 0 Å². The fraction of sp³-hybridized carbons (Fsp3) is 0.562. The van der Waals surface area contributed by atoms with E-state index < -0.39 is 47.6 Å². The zero-order valence-corrected chi connectivity index (χ0v) is 24.3. The lowest BCUT2D eigenvalue weighted by Gasteiger charge is -2.38. The molecule has 2 saturated heterocycles. The zero-order chi connectivity index (χ0) is 29.9. The van der Waals surface area contributed by atoms with Crippen LogP contribution in [0.2, 0.25) is 0 Å². The van der Waals surface area contributed by atoms with Crippen LogP contribution in [0.3, 0.4) is 0 Å². The Balaban J connectivity index is 1.59. The second-order valence-electron chi connectivity index (χ2n) is 11.5. The quantitative estimate of drug-likeness (QED) is 0.375. The van der Waals surface area contributed by atoms with Gasteiger partial charge in [-0.3, -0.25) is 19.2 Å². The van der Waals surface area contributed by atoms with E-state index in [1.807, 2.05) is 49.4 Å². The van der Waals surface area contributed by atoms with E-state index in [9.17, 15) is 24.3 Å². The van der Waals surface area contributed by atoms with Gasteiger partial charge in [0, 0.05) is 19.5 Å². The second-order valence-corrected chi connectivity index (χ2v) is 11.5. The van der Waals surface area contributed by atoms with Crippen molar-refractivity contribution in [2.24, 2.45) is 11.8 Å². The molecule has 1 aromatic rings. The number of likely N-dealkylation sites (tertiary alicyclic amines) is 1. The van der Waals surface area contributed by atoms with Gasteiger partial charge in [-0.1, -0.05) is 74.9 Å². The Morgan fingerprint density at radius 1 is 1.10 bits per heavy atom. The summed E-state index contributed by atoms with van der Waals surface area (Å²) in [6.07, 6.45) is 9.08. The summed E-state index contributed by atoms with van der Waals surface area (Å²) in [4.78, 5) is 58.5. The fourth-order valence-corrected chi connectivity index (χ4v) is 6.78. The van der Waals surface area contributed by atoms with Crippen molar-refractivity contribution >= 4 is 23.7 Å². The number of nitrogens with zero attached hydrogens (tertiary/aromatic N) is 2. The van der Waals surface area contributed by atoms with Crippen LogP contribution in [-0.4, -0.2) is 88.7 Å². The number of benzene rings is 1. The molecule has 0 radical (unpaired) electrons. The third kappa shape index (κ3) is 5.38. The molecule has 7 atom stereocenters. The molecule has 1 aromatic carbocycles. The smallest absolute Gasteiger partial charge is 0.306 e. The van der Waals surface area contributed by atoms with E-state index in [0.717, 1.165) is 18.4 Å². The van der Waals surface area contributed by atoms with Crippen LogP contribution in [-0.2, 0) is 28.7 Å². The maximum Gasteiger partial charge on any atom is 0.306 e. The highest BCUT2D eigenvalue weighted by molar-refractivity contribution is 6.00. The lowest BCUT2D eigenvalue weighted by molar-refractivity contribution is -0.151. The van der Waals surface area contributed by atoms with Crippen LogP contribution < -0.4 is 5.32 Å². The number of hydrogen-bond acceptors (Lipinski definition) is 7. The van der Waals surface area contributed by atoms with Crippen LogP contribution in [0.15, 0.2) is 54.6 Å². The first-order valence-electron chi connectivity index (χ1n) is 15.1. The van der Waals surface area contributed by atoms with E-state index in [4.69, 9.17) is 9.47 Å². The first-order valence-corrected chi connectivity index (χ1v) is 15.1. The van der Waals surface area contributed by atoms with Gasteiger partial charge in [0.2, 0.25) is 17.7 Å². The molecule has 4 heterocycles. The molecule has 3 amide bonds. The Kier molecular flexibility index (Phi) is 9.13. The topological polar surface area (TPSA) is 125 Å². The first kappa shape index (κ1) is 30.0. The number of cyclic esters (lactones) is 1. The van der Waals surface area contributed by atoms with Crippen molar-refractivity contribution in [2.75, 3.05) is 26.3 Å². The number of carbonyl (C=O) groups is 4. The fourth-order valence-electron chi connectivity index (χ4n) is 6.78. The van der Waals surface area contributed by atoms with Crippen LogP contribution in [0.4, 0.5) is 0 Å². The van der Waals surface area contributed by atoms with Gasteiger partial charge in [0.05, 0.1) is 36.6 Å². The van der Waals surface area contributed by atoms with E-state index in [0.29, 0.717) is 25.9 Å². The standard InChI is InChI=1S/C32H41N3O7/c1-3-5-17-34-18-11-16-32-27(30(39)35(22(4-2)19-36)28(32)31(34)40)26-24(42-32)14-9-10-15-25(37)41-20-23(33-29(26)38)21-12-7-6-8-13-21/h6-9,11-14,16,22-24,26-28,36H,3-5,10,15,17-20H2,1-2H3,(H,33,38)/b14-9-/t22-,23-,24+,26-,27-,28+,32-/m0/s1. The molecule has 10 heteroatoms. The number of esters is 1. The molecule has 0 unspecified atom stereocenters. The second kappa shape index (κ2) is 12.8. The predicted molar refractivity (Wildman–Crippen MR) is 154 cm³/mol. The summed E-state index contributed by atoms with van der Waals surface area (Å²) < 4.78 is 12.2. The maximum atomic E-state index is 14.4. The number of allylic oxidation sites excluding steroid dienone is 1. The Bertz CT molecular complexity index is 1230. The largest absolute Gasteiger partial charge is 0.463 e. The lowest BCUT2D eigenvalue weighted by Crippen LogP contribution is -2.58. The van der Waals surface area contributed by atoms with Crippen LogP contribution in [0, 0.1) is 11.8 Å². The molecular weight excluding hydrogens is 538 g/mol. The van der Waals surface area contributed by atoms with Gasteiger partial charge < -0.3 is 29.7 Å². The van der Waals surface area contributed by atoms with Crippen molar-refractivity contribution in [1.82, 2.24) is 15.1 Å². The van der Waals surface area contributed by atoms with Crippen LogP contribution in [0.1, 0.15) is 57.6 Å². The van der Waals surface area contributed by atoms with Gasteiger partial charge in [-0.15, -0.1) is 0 Å². The number of aliphatic hydroxyl groups is 1. The number of carbonyl (C=O) groups excluding carboxylic acids is 4. The molecule has 2 fully saturated rings. The highest BCUT2D eigenvalue weighted by Crippen LogP contribution is 2.53. The van der Waals surface area contributed by atoms with Gasteiger partial charge in [0.25, 0.3) is 0 Å². The van der Waals surface area contributed by atoms with Gasteiger partial charge in [0.15, 0.2) is 0 Å². The summed E-state index contributed by atoms with van der Waals surface area (Å²) in [6, 6.07) is 6.98. The van der Waals surface area contributed by atoms with Crippen molar-refractivity contribution in [3.63, 3.8) is 0 Å². The number of aliphatic hydroxyl groups excluding tert-OH is 1. The first-order chi connectivity index (χ1) is 20.4. The molecule has 4 aliphatic rings. The van der Waals surface area contributed by atoms with Gasteiger partial charge in [0.1, 0.15) is 18.2 Å². The predicted octanol–water partition coefficient (Wildman–Crippen LogP) is 2.29. The molecule has 0 bridgehead atoms. The number of amides is 3. The molecule has 0 aromatic heterocycles. The van der Waals surface area contributed by atoms with Gasteiger partial charge in [-0.05, 0) is 24.8 Å². The number of ether oxygens (including phenoxy) is 2. The molecule has 0 aliphatic carbocycles. The average Bonchev–Trinajstić information content (AvgIpc) is 3.38. The molecule has 1 spiro atoms. The molecule has 226 valence electrons. The van der Waals surface area contributed by atoms with Crippen LogP contribution >= 0.6 is 0 Å². The van der Waals surface area contributed by atoms with Gasteiger partial charge >= 0.3 is 5.97 Å². The summed E-state index contributed by atoms with van der Waals surface area (Å²) in [6.45, 7) is 4.46. The number of rotatable bonds is 7.